The van der Waals surface area contributed by atoms with E-state index in [1.807, 2.05) is 44.2 Å². The Morgan fingerprint density at radius 2 is 2.00 bits per heavy atom. The van der Waals surface area contributed by atoms with Crippen molar-refractivity contribution >= 4 is 22.8 Å². The molecule has 0 unspecified atom stereocenters. The fourth-order valence-electron chi connectivity index (χ4n) is 2.24. The molecule has 0 saturated carbocycles. The molecule has 0 aliphatic heterocycles. The molecule has 5 heteroatoms. The highest BCUT2D eigenvalue weighted by molar-refractivity contribution is 6.07. The molecule has 0 fully saturated rings. The first kappa shape index (κ1) is 16.7. The monoisotopic (exact) mass is 312 g/mol. The van der Waals surface area contributed by atoms with Crippen LogP contribution in [0.1, 0.15) is 30.6 Å². The number of benzene rings is 1. The number of aromatic nitrogens is 1. The zero-order valence-corrected chi connectivity index (χ0v) is 13.5. The third-order valence-electron chi connectivity index (χ3n) is 3.45. The quantitative estimate of drug-likeness (QED) is 0.681. The molecular formula is C18H20N2O3. The molecule has 2 aromatic rings. The van der Waals surface area contributed by atoms with Crippen molar-refractivity contribution in [2.75, 3.05) is 7.11 Å². The van der Waals surface area contributed by atoms with Crippen molar-refractivity contribution in [1.82, 2.24) is 10.3 Å². The fraction of sp³-hybridized carbons (Fsp3) is 0.278. The average molecular weight is 312 g/mol. The maximum absolute atomic E-state index is 12.6. The molecule has 1 aromatic carbocycles. The average Bonchev–Trinajstić information content (AvgIpc) is 2.56. The summed E-state index contributed by atoms with van der Waals surface area (Å²) in [7, 11) is 1.31. The van der Waals surface area contributed by atoms with Crippen LogP contribution in [0.5, 0.6) is 0 Å². The lowest BCUT2D eigenvalue weighted by Crippen LogP contribution is -2.41. The van der Waals surface area contributed by atoms with E-state index in [-0.39, 0.29) is 5.91 Å². The van der Waals surface area contributed by atoms with Gasteiger partial charge in [0.2, 0.25) is 0 Å². The zero-order valence-electron chi connectivity index (χ0n) is 13.5. The highest BCUT2D eigenvalue weighted by Gasteiger charge is 2.22. The Labute approximate surface area is 135 Å². The van der Waals surface area contributed by atoms with Gasteiger partial charge >= 0.3 is 5.97 Å². The van der Waals surface area contributed by atoms with Gasteiger partial charge < -0.3 is 10.1 Å². The van der Waals surface area contributed by atoms with Crippen LogP contribution < -0.4 is 5.32 Å². The van der Waals surface area contributed by atoms with E-state index in [9.17, 15) is 9.59 Å². The van der Waals surface area contributed by atoms with Crippen molar-refractivity contribution in [1.29, 1.82) is 0 Å². The van der Waals surface area contributed by atoms with Gasteiger partial charge in [0, 0.05) is 11.6 Å². The summed E-state index contributed by atoms with van der Waals surface area (Å²) in [6.45, 7) is 3.87. The second-order valence-corrected chi connectivity index (χ2v) is 5.44. The van der Waals surface area contributed by atoms with E-state index in [1.165, 1.54) is 7.11 Å². The van der Waals surface area contributed by atoms with Crippen LogP contribution in [0.3, 0.4) is 0 Å². The second-order valence-electron chi connectivity index (χ2n) is 5.44. The molecule has 1 N–H and O–H groups in total. The number of ether oxygens (including phenoxy) is 1. The van der Waals surface area contributed by atoms with E-state index in [0.29, 0.717) is 12.0 Å². The minimum absolute atomic E-state index is 0.318. The van der Waals surface area contributed by atoms with Gasteiger partial charge in [0.05, 0.1) is 18.2 Å². The van der Waals surface area contributed by atoms with Crippen LogP contribution in [-0.4, -0.2) is 30.0 Å². The first-order valence-electron chi connectivity index (χ1n) is 7.38. The van der Waals surface area contributed by atoms with Crippen molar-refractivity contribution < 1.29 is 14.3 Å². The molecule has 0 radical (unpaired) electrons. The summed E-state index contributed by atoms with van der Waals surface area (Å²) >= 11 is 0. The van der Waals surface area contributed by atoms with Gasteiger partial charge in [0.25, 0.3) is 5.91 Å². The van der Waals surface area contributed by atoms with E-state index < -0.39 is 12.0 Å². The first-order valence-corrected chi connectivity index (χ1v) is 7.38. The van der Waals surface area contributed by atoms with Crippen LogP contribution in [-0.2, 0) is 9.53 Å². The molecule has 1 aromatic heterocycles. The predicted molar refractivity (Wildman–Crippen MR) is 89.1 cm³/mol. The normalized spacial score (nSPS) is 11.6. The molecule has 0 bridgehead atoms. The van der Waals surface area contributed by atoms with Crippen molar-refractivity contribution in [3.8, 4) is 0 Å². The topological polar surface area (TPSA) is 68.3 Å². The molecule has 2 rings (SSSR count). The number of amides is 1. The van der Waals surface area contributed by atoms with Crippen LogP contribution in [0.2, 0.25) is 0 Å². The highest BCUT2D eigenvalue weighted by atomic mass is 16.5. The smallest absolute Gasteiger partial charge is 0.328 e. The third kappa shape index (κ3) is 4.16. The lowest BCUT2D eigenvalue weighted by atomic mass is 10.1. The minimum Gasteiger partial charge on any atom is -0.467 e. The first-order chi connectivity index (χ1) is 11.0. The van der Waals surface area contributed by atoms with Crippen LogP contribution in [0.4, 0.5) is 0 Å². The van der Waals surface area contributed by atoms with Gasteiger partial charge in [-0.15, -0.1) is 0 Å². The summed E-state index contributed by atoms with van der Waals surface area (Å²) < 4.78 is 4.77. The minimum atomic E-state index is -0.714. The molecule has 0 spiro atoms. The number of nitrogens with one attached hydrogen (secondary N) is 1. The number of hydrogen-bond acceptors (Lipinski definition) is 4. The number of fused-ring (bicyclic) bond motifs is 1. The van der Waals surface area contributed by atoms with Gasteiger partial charge in [-0.2, -0.15) is 0 Å². The summed E-state index contributed by atoms with van der Waals surface area (Å²) in [6.07, 6.45) is 3.87. The van der Waals surface area contributed by atoms with Crippen LogP contribution in [0.15, 0.2) is 48.2 Å². The van der Waals surface area contributed by atoms with Gasteiger partial charge in [-0.3, -0.25) is 9.78 Å². The third-order valence-corrected chi connectivity index (χ3v) is 3.45. The number of carbonyl (C=O) groups excluding carboxylic acids is 2. The van der Waals surface area contributed by atoms with Crippen molar-refractivity contribution in [2.24, 2.45) is 0 Å². The number of esters is 1. The summed E-state index contributed by atoms with van der Waals surface area (Å²) in [5.74, 6) is -0.782. The van der Waals surface area contributed by atoms with E-state index in [0.717, 1.165) is 16.5 Å². The second kappa shape index (κ2) is 7.54. The molecule has 1 amide bonds. The number of hydrogen-bond donors (Lipinski definition) is 1. The summed E-state index contributed by atoms with van der Waals surface area (Å²) in [5.41, 5.74) is 2.29. The molecular weight excluding hydrogens is 292 g/mol. The number of allylic oxidation sites excluding steroid dienone is 1. The number of carbonyl (C=O) groups is 2. The molecule has 23 heavy (non-hydrogen) atoms. The SMILES string of the molecule is COC(=O)[C@H](CC=C(C)C)NC(=O)c1ccnc2ccccc12. The van der Waals surface area contributed by atoms with Gasteiger partial charge in [-0.25, -0.2) is 4.79 Å². The van der Waals surface area contributed by atoms with Crippen molar-refractivity contribution in [2.45, 2.75) is 26.3 Å². The van der Waals surface area contributed by atoms with Crippen molar-refractivity contribution in [3.05, 3.63) is 53.7 Å². The maximum Gasteiger partial charge on any atom is 0.328 e. The van der Waals surface area contributed by atoms with Crippen LogP contribution in [0.25, 0.3) is 10.9 Å². The summed E-state index contributed by atoms with van der Waals surface area (Å²) in [6, 6.07) is 8.32. The Morgan fingerprint density at radius 3 is 2.70 bits per heavy atom. The van der Waals surface area contributed by atoms with Crippen LogP contribution >= 0.6 is 0 Å². The van der Waals surface area contributed by atoms with Crippen molar-refractivity contribution in [3.63, 3.8) is 0 Å². The lowest BCUT2D eigenvalue weighted by Gasteiger charge is -2.16. The lowest BCUT2D eigenvalue weighted by molar-refractivity contribution is -0.142. The van der Waals surface area contributed by atoms with Gasteiger partial charge in [-0.1, -0.05) is 29.8 Å². The Hall–Kier alpha value is -2.69. The standard InChI is InChI=1S/C18H20N2O3/c1-12(2)8-9-16(18(22)23-3)20-17(21)14-10-11-19-15-7-5-4-6-13(14)15/h4-8,10-11,16H,9H2,1-3H3,(H,20,21)/t16-/m0/s1. The molecule has 1 atom stereocenters. The van der Waals surface area contributed by atoms with E-state index >= 15 is 0 Å². The Balaban J connectivity index is 2.26. The summed E-state index contributed by atoms with van der Waals surface area (Å²) in [4.78, 5) is 28.7. The Morgan fingerprint density at radius 1 is 1.26 bits per heavy atom. The van der Waals surface area contributed by atoms with Crippen LogP contribution in [0, 0.1) is 0 Å². The molecule has 0 aliphatic rings. The fourth-order valence-corrected chi connectivity index (χ4v) is 2.24. The molecule has 120 valence electrons. The summed E-state index contributed by atoms with van der Waals surface area (Å²) in [5, 5.41) is 3.49. The van der Waals surface area contributed by atoms with E-state index in [2.05, 4.69) is 10.3 Å². The van der Waals surface area contributed by atoms with E-state index in [1.54, 1.807) is 12.3 Å². The number of para-hydroxylation sites is 1. The number of methoxy groups -OCH3 is 1. The molecule has 5 nitrogen and oxygen atoms in total. The number of pyridine rings is 1. The zero-order chi connectivity index (χ0) is 16.8. The van der Waals surface area contributed by atoms with Gasteiger partial charge in [0.15, 0.2) is 0 Å². The number of rotatable bonds is 5. The Bertz CT molecular complexity index is 744. The largest absolute Gasteiger partial charge is 0.467 e. The molecule has 0 saturated heterocycles. The van der Waals surface area contributed by atoms with E-state index in [4.69, 9.17) is 4.74 Å². The Kier molecular flexibility index (Phi) is 5.46. The predicted octanol–water partition coefficient (Wildman–Crippen LogP) is 2.86. The van der Waals surface area contributed by atoms with Gasteiger partial charge in [-0.05, 0) is 32.4 Å². The number of nitrogens with zero attached hydrogens (tertiary/aromatic N) is 1. The highest BCUT2D eigenvalue weighted by Crippen LogP contribution is 2.16. The van der Waals surface area contributed by atoms with Gasteiger partial charge in [0.1, 0.15) is 6.04 Å². The maximum atomic E-state index is 12.6. The molecule has 0 aliphatic carbocycles. The molecule has 1 heterocycles.